The quantitative estimate of drug-likeness (QED) is 0.236. The van der Waals surface area contributed by atoms with E-state index in [1.165, 1.54) is 30.0 Å². The molecule has 0 unspecified atom stereocenters. The fraction of sp³-hybridized carbons (Fsp3) is 0.100. The lowest BCUT2D eigenvalue weighted by molar-refractivity contribution is -0.121. The number of thiocarbonyl (C=S) groups is 1. The van der Waals surface area contributed by atoms with Crippen LogP contribution in [0, 0.1) is 0 Å². The Morgan fingerprint density at radius 3 is 2.86 bits per heavy atom. The van der Waals surface area contributed by atoms with Crippen molar-refractivity contribution in [3.8, 4) is 11.5 Å². The van der Waals surface area contributed by atoms with Gasteiger partial charge in [0, 0.05) is 18.9 Å². The topological polar surface area (TPSA) is 68.7 Å². The van der Waals surface area contributed by atoms with Crippen molar-refractivity contribution in [3.63, 3.8) is 0 Å². The summed E-state index contributed by atoms with van der Waals surface area (Å²) >= 11 is 6.46. The minimum Gasteiger partial charge on any atom is -0.493 e. The first kappa shape index (κ1) is 19.8. The molecular weight excluding hydrogens is 396 g/mol. The number of hydrogen-bond donors (Lipinski definition) is 0. The number of methoxy groups -OCH3 is 1. The molecule has 1 amide bonds. The molecule has 2 heterocycles. The third-order valence-corrected chi connectivity index (χ3v) is 5.15. The average molecular weight is 412 g/mol. The van der Waals surface area contributed by atoms with Gasteiger partial charge in [-0.3, -0.25) is 14.7 Å². The van der Waals surface area contributed by atoms with Crippen molar-refractivity contribution in [3.05, 3.63) is 71.4 Å². The van der Waals surface area contributed by atoms with E-state index in [0.717, 1.165) is 5.56 Å². The van der Waals surface area contributed by atoms with E-state index in [1.807, 2.05) is 0 Å². The Morgan fingerprint density at radius 2 is 2.18 bits per heavy atom. The summed E-state index contributed by atoms with van der Waals surface area (Å²) in [6.07, 6.45) is 6.35. The van der Waals surface area contributed by atoms with E-state index in [9.17, 15) is 9.59 Å². The smallest absolute Gasteiger partial charge is 0.345 e. The van der Waals surface area contributed by atoms with E-state index in [-0.39, 0.29) is 11.7 Å². The van der Waals surface area contributed by atoms with Gasteiger partial charge in [-0.05, 0) is 35.9 Å². The van der Waals surface area contributed by atoms with Crippen LogP contribution in [-0.2, 0) is 4.79 Å². The summed E-state index contributed by atoms with van der Waals surface area (Å²) in [5, 5.41) is 0. The number of thioether (sulfide) groups is 1. The van der Waals surface area contributed by atoms with Crippen LogP contribution in [0.2, 0.25) is 0 Å². The first-order valence-corrected chi connectivity index (χ1v) is 9.42. The van der Waals surface area contributed by atoms with E-state index in [0.29, 0.717) is 27.1 Å². The number of hydrogen-bond acceptors (Lipinski definition) is 7. The highest BCUT2D eigenvalue weighted by atomic mass is 32.2. The molecule has 28 heavy (non-hydrogen) atoms. The molecule has 1 aromatic heterocycles. The number of rotatable bonds is 6. The highest BCUT2D eigenvalue weighted by Gasteiger charge is 2.31. The number of nitrogens with zero attached hydrogens (tertiary/aromatic N) is 2. The van der Waals surface area contributed by atoms with E-state index >= 15 is 0 Å². The van der Waals surface area contributed by atoms with Crippen molar-refractivity contribution in [2.45, 2.75) is 0 Å². The predicted octanol–water partition coefficient (Wildman–Crippen LogP) is 3.70. The monoisotopic (exact) mass is 412 g/mol. The van der Waals surface area contributed by atoms with Crippen LogP contribution in [-0.4, -0.2) is 39.7 Å². The highest BCUT2D eigenvalue weighted by molar-refractivity contribution is 8.26. The second-order valence-electron chi connectivity index (χ2n) is 5.62. The standard InChI is InChI=1S/C20H16N2O4S2/c1-3-9-22-18(23)17(28-20(22)27)11-13-6-7-15(16(10-13)25-2)26-19(24)14-5-4-8-21-12-14/h3-8,10-12H,1,9H2,2H3/b17-11-. The molecule has 1 aliphatic heterocycles. The van der Waals surface area contributed by atoms with Crippen LogP contribution in [0.4, 0.5) is 0 Å². The first-order chi connectivity index (χ1) is 13.5. The molecule has 6 nitrogen and oxygen atoms in total. The second-order valence-corrected chi connectivity index (χ2v) is 7.30. The Labute approximate surface area is 171 Å². The molecular formula is C20H16N2O4S2. The molecule has 8 heteroatoms. The maximum absolute atomic E-state index is 12.4. The summed E-state index contributed by atoms with van der Waals surface area (Å²) in [4.78, 5) is 30.5. The van der Waals surface area contributed by atoms with Crippen molar-refractivity contribution < 1.29 is 19.1 Å². The number of amides is 1. The molecule has 3 rings (SSSR count). The zero-order chi connectivity index (χ0) is 20.1. The van der Waals surface area contributed by atoms with Crippen molar-refractivity contribution in [1.82, 2.24) is 9.88 Å². The fourth-order valence-electron chi connectivity index (χ4n) is 2.44. The lowest BCUT2D eigenvalue weighted by atomic mass is 10.2. The Kier molecular flexibility index (Phi) is 6.23. The van der Waals surface area contributed by atoms with Crippen LogP contribution in [0.1, 0.15) is 15.9 Å². The van der Waals surface area contributed by atoms with Gasteiger partial charge in [-0.15, -0.1) is 6.58 Å². The van der Waals surface area contributed by atoms with Gasteiger partial charge in [-0.2, -0.15) is 0 Å². The van der Waals surface area contributed by atoms with E-state index in [1.54, 1.807) is 48.7 Å². The van der Waals surface area contributed by atoms with Crippen LogP contribution >= 0.6 is 24.0 Å². The normalized spacial score (nSPS) is 15.0. The molecule has 1 aliphatic rings. The van der Waals surface area contributed by atoms with Gasteiger partial charge in [0.15, 0.2) is 11.5 Å². The largest absolute Gasteiger partial charge is 0.493 e. The lowest BCUT2D eigenvalue weighted by Gasteiger charge is -2.11. The van der Waals surface area contributed by atoms with Crippen LogP contribution in [0.15, 0.2) is 60.3 Å². The van der Waals surface area contributed by atoms with Gasteiger partial charge >= 0.3 is 5.97 Å². The average Bonchev–Trinajstić information content (AvgIpc) is 2.97. The summed E-state index contributed by atoms with van der Waals surface area (Å²) in [6, 6.07) is 8.30. The number of carbonyl (C=O) groups is 2. The van der Waals surface area contributed by atoms with Crippen molar-refractivity contribution in [2.75, 3.05) is 13.7 Å². The molecule has 0 aliphatic carbocycles. The van der Waals surface area contributed by atoms with E-state index < -0.39 is 5.97 Å². The number of pyridine rings is 1. The van der Waals surface area contributed by atoms with Gasteiger partial charge in [0.25, 0.3) is 5.91 Å². The lowest BCUT2D eigenvalue weighted by Crippen LogP contribution is -2.27. The van der Waals surface area contributed by atoms with Crippen LogP contribution in [0.25, 0.3) is 6.08 Å². The van der Waals surface area contributed by atoms with Gasteiger partial charge in [-0.1, -0.05) is 36.1 Å². The fourth-order valence-corrected chi connectivity index (χ4v) is 3.71. The molecule has 0 atom stereocenters. The molecule has 1 saturated heterocycles. The number of ether oxygens (including phenoxy) is 2. The molecule has 0 N–H and O–H groups in total. The molecule has 0 bridgehead atoms. The van der Waals surface area contributed by atoms with Crippen molar-refractivity contribution in [2.24, 2.45) is 0 Å². The molecule has 2 aromatic rings. The maximum atomic E-state index is 12.4. The van der Waals surface area contributed by atoms with Gasteiger partial charge in [0.1, 0.15) is 4.32 Å². The van der Waals surface area contributed by atoms with Crippen molar-refractivity contribution >= 4 is 46.3 Å². The van der Waals surface area contributed by atoms with Crippen LogP contribution in [0.3, 0.4) is 0 Å². The summed E-state index contributed by atoms with van der Waals surface area (Å²) in [5.41, 5.74) is 1.05. The Hall–Kier alpha value is -2.97. The third kappa shape index (κ3) is 4.29. The first-order valence-electron chi connectivity index (χ1n) is 8.20. The zero-order valence-corrected chi connectivity index (χ0v) is 16.6. The molecule has 142 valence electrons. The number of carbonyl (C=O) groups excluding carboxylic acids is 2. The summed E-state index contributed by atoms with van der Waals surface area (Å²) in [7, 11) is 1.48. The Balaban J connectivity index is 1.82. The van der Waals surface area contributed by atoms with E-state index in [4.69, 9.17) is 21.7 Å². The highest BCUT2D eigenvalue weighted by Crippen LogP contribution is 2.34. The Bertz CT molecular complexity index is 973. The van der Waals surface area contributed by atoms with Gasteiger partial charge in [0.05, 0.1) is 17.6 Å². The molecule has 0 radical (unpaired) electrons. The van der Waals surface area contributed by atoms with Crippen molar-refractivity contribution in [1.29, 1.82) is 0 Å². The summed E-state index contributed by atoms with van der Waals surface area (Å²) in [5.74, 6) is -0.0642. The SMILES string of the molecule is C=CCN1C(=O)/C(=C/c2ccc(OC(=O)c3cccnc3)c(OC)c2)SC1=S. The third-order valence-electron chi connectivity index (χ3n) is 3.77. The second kappa shape index (κ2) is 8.81. The summed E-state index contributed by atoms with van der Waals surface area (Å²) < 4.78 is 11.2. The summed E-state index contributed by atoms with van der Waals surface area (Å²) in [6.45, 7) is 4.01. The van der Waals surface area contributed by atoms with Gasteiger partial charge in [-0.25, -0.2) is 4.79 Å². The van der Waals surface area contributed by atoms with Gasteiger partial charge in [0.2, 0.25) is 0 Å². The maximum Gasteiger partial charge on any atom is 0.345 e. The molecule has 1 fully saturated rings. The number of aromatic nitrogens is 1. The predicted molar refractivity (Wildman–Crippen MR) is 112 cm³/mol. The van der Waals surface area contributed by atoms with Crippen LogP contribution in [0.5, 0.6) is 11.5 Å². The van der Waals surface area contributed by atoms with E-state index in [2.05, 4.69) is 11.6 Å². The minimum atomic E-state index is -0.538. The molecule has 0 spiro atoms. The molecule has 0 saturated carbocycles. The minimum absolute atomic E-state index is 0.166. The Morgan fingerprint density at radius 1 is 1.36 bits per heavy atom. The number of esters is 1. The van der Waals surface area contributed by atoms with Crippen LogP contribution < -0.4 is 9.47 Å². The van der Waals surface area contributed by atoms with Gasteiger partial charge < -0.3 is 9.47 Å². The molecule has 1 aromatic carbocycles. The zero-order valence-electron chi connectivity index (χ0n) is 15.0. The number of benzene rings is 1.